The molecule has 3 rings (SSSR count). The molecule has 0 fully saturated rings. The second-order valence-electron chi connectivity index (χ2n) is 4.91. The molecule has 0 aromatic heterocycles. The lowest BCUT2D eigenvalue weighted by molar-refractivity contribution is 0.102. The van der Waals surface area contributed by atoms with Gasteiger partial charge in [0, 0.05) is 23.6 Å². The number of carbonyl (C=O) groups is 1. The van der Waals surface area contributed by atoms with Gasteiger partial charge >= 0.3 is 0 Å². The molecule has 0 aliphatic carbocycles. The van der Waals surface area contributed by atoms with Crippen LogP contribution < -0.4 is 14.8 Å². The van der Waals surface area contributed by atoms with Gasteiger partial charge in [-0.05, 0) is 18.2 Å². The first-order valence-electron chi connectivity index (χ1n) is 6.90. The number of ether oxygens (including phenoxy) is 2. The maximum absolute atomic E-state index is 13.8. The Morgan fingerprint density at radius 3 is 2.52 bits per heavy atom. The molecule has 1 aliphatic heterocycles. The van der Waals surface area contributed by atoms with Crippen molar-refractivity contribution >= 4 is 34.8 Å². The van der Waals surface area contributed by atoms with E-state index in [-0.39, 0.29) is 15.6 Å². The van der Waals surface area contributed by atoms with E-state index in [9.17, 15) is 9.18 Å². The Balaban J connectivity index is 1.89. The van der Waals surface area contributed by atoms with Crippen LogP contribution >= 0.6 is 23.2 Å². The van der Waals surface area contributed by atoms with Crippen LogP contribution in [0.2, 0.25) is 10.0 Å². The van der Waals surface area contributed by atoms with Crippen molar-refractivity contribution < 1.29 is 18.7 Å². The van der Waals surface area contributed by atoms with Gasteiger partial charge < -0.3 is 14.8 Å². The maximum Gasteiger partial charge on any atom is 0.258 e. The lowest BCUT2D eigenvalue weighted by atomic mass is 10.2. The monoisotopic (exact) mass is 355 g/mol. The first kappa shape index (κ1) is 15.9. The van der Waals surface area contributed by atoms with Crippen molar-refractivity contribution in [3.05, 3.63) is 51.8 Å². The van der Waals surface area contributed by atoms with E-state index in [0.717, 1.165) is 12.5 Å². The normalized spacial score (nSPS) is 13.3. The van der Waals surface area contributed by atoms with Gasteiger partial charge in [0.05, 0.1) is 29.5 Å². The van der Waals surface area contributed by atoms with E-state index in [0.29, 0.717) is 30.4 Å². The average Bonchev–Trinajstić information content (AvgIpc) is 2.75. The molecule has 0 spiro atoms. The Labute approximate surface area is 142 Å². The number of anilines is 1. The lowest BCUT2D eigenvalue weighted by Crippen LogP contribution is -2.14. The molecule has 120 valence electrons. The minimum atomic E-state index is -0.669. The van der Waals surface area contributed by atoms with Crippen LogP contribution in [-0.4, -0.2) is 19.1 Å². The highest BCUT2D eigenvalue weighted by atomic mass is 35.5. The number of nitrogens with one attached hydrogen (secondary N) is 1. The topological polar surface area (TPSA) is 47.6 Å². The molecule has 0 unspecified atom stereocenters. The smallest absolute Gasteiger partial charge is 0.258 e. The summed E-state index contributed by atoms with van der Waals surface area (Å²) in [4.78, 5) is 12.2. The predicted molar refractivity (Wildman–Crippen MR) is 86.4 cm³/mol. The van der Waals surface area contributed by atoms with Crippen LogP contribution in [0.15, 0.2) is 30.3 Å². The van der Waals surface area contributed by atoms with E-state index in [4.69, 9.17) is 32.7 Å². The highest BCUT2D eigenvalue weighted by Crippen LogP contribution is 2.37. The Morgan fingerprint density at radius 1 is 1.09 bits per heavy atom. The second-order valence-corrected chi connectivity index (χ2v) is 5.75. The number of rotatable bonds is 2. The number of benzene rings is 2. The molecule has 0 atom stereocenters. The van der Waals surface area contributed by atoms with Gasteiger partial charge in [-0.2, -0.15) is 0 Å². The van der Waals surface area contributed by atoms with Gasteiger partial charge in [0.15, 0.2) is 11.5 Å². The van der Waals surface area contributed by atoms with E-state index < -0.39 is 11.7 Å². The van der Waals surface area contributed by atoms with Crippen LogP contribution in [0.4, 0.5) is 10.1 Å². The molecule has 0 radical (unpaired) electrons. The summed E-state index contributed by atoms with van der Waals surface area (Å²) in [5, 5.41) is 3.09. The Bertz CT molecular complexity index is 767. The minimum absolute atomic E-state index is 0.166. The summed E-state index contributed by atoms with van der Waals surface area (Å²) in [6.45, 7) is 1.04. The van der Waals surface area contributed by atoms with Crippen LogP contribution in [0.3, 0.4) is 0 Å². The molecule has 0 bridgehead atoms. The standard InChI is InChI=1S/C16H12Cl2FNO3/c17-9-2-3-12(19)10(6-9)16(21)20-13-8-15-14(7-11(13)18)22-4-1-5-23-15/h2-3,6-8H,1,4-5H2,(H,20,21). The van der Waals surface area contributed by atoms with Gasteiger partial charge in [0.1, 0.15) is 5.82 Å². The van der Waals surface area contributed by atoms with E-state index in [2.05, 4.69) is 5.32 Å². The van der Waals surface area contributed by atoms with E-state index in [1.807, 2.05) is 0 Å². The van der Waals surface area contributed by atoms with Crippen molar-refractivity contribution in [2.75, 3.05) is 18.5 Å². The molecule has 1 amide bonds. The van der Waals surface area contributed by atoms with Crippen molar-refractivity contribution in [3.8, 4) is 11.5 Å². The molecule has 1 N–H and O–H groups in total. The first-order valence-corrected chi connectivity index (χ1v) is 7.66. The highest BCUT2D eigenvalue weighted by molar-refractivity contribution is 6.34. The number of halogens is 3. The van der Waals surface area contributed by atoms with E-state index >= 15 is 0 Å². The van der Waals surface area contributed by atoms with Gasteiger partial charge in [-0.3, -0.25) is 4.79 Å². The Hall–Kier alpha value is -1.98. The zero-order chi connectivity index (χ0) is 16.4. The molecule has 2 aromatic carbocycles. The molecular weight excluding hydrogens is 344 g/mol. The summed E-state index contributed by atoms with van der Waals surface area (Å²) in [7, 11) is 0. The fraction of sp³-hybridized carbons (Fsp3) is 0.188. The summed E-state index contributed by atoms with van der Waals surface area (Å²) < 4.78 is 24.8. The lowest BCUT2D eigenvalue weighted by Gasteiger charge is -2.13. The number of hydrogen-bond donors (Lipinski definition) is 1. The summed E-state index contributed by atoms with van der Waals surface area (Å²) in [6.07, 6.45) is 0.752. The molecule has 0 saturated carbocycles. The summed E-state index contributed by atoms with van der Waals surface area (Å²) in [5.41, 5.74) is 0.140. The molecule has 1 aliphatic rings. The Morgan fingerprint density at radius 2 is 1.78 bits per heavy atom. The first-order chi connectivity index (χ1) is 11.0. The molecule has 2 aromatic rings. The third-order valence-electron chi connectivity index (χ3n) is 3.26. The van der Waals surface area contributed by atoms with Crippen LogP contribution in [0.5, 0.6) is 11.5 Å². The third-order valence-corrected chi connectivity index (χ3v) is 3.81. The van der Waals surface area contributed by atoms with Gasteiger partial charge in [0.2, 0.25) is 0 Å². The average molecular weight is 356 g/mol. The highest BCUT2D eigenvalue weighted by Gasteiger charge is 2.18. The molecule has 23 heavy (non-hydrogen) atoms. The molecule has 0 saturated heterocycles. The van der Waals surface area contributed by atoms with E-state index in [1.54, 1.807) is 12.1 Å². The molecule has 7 heteroatoms. The van der Waals surface area contributed by atoms with Crippen LogP contribution in [-0.2, 0) is 0 Å². The number of hydrogen-bond acceptors (Lipinski definition) is 3. The summed E-state index contributed by atoms with van der Waals surface area (Å²) in [5.74, 6) is -0.327. The van der Waals surface area contributed by atoms with Gasteiger partial charge in [-0.25, -0.2) is 4.39 Å². The van der Waals surface area contributed by atoms with Crippen molar-refractivity contribution in [1.82, 2.24) is 0 Å². The summed E-state index contributed by atoms with van der Waals surface area (Å²) >= 11 is 11.9. The zero-order valence-electron chi connectivity index (χ0n) is 11.9. The van der Waals surface area contributed by atoms with Crippen molar-refractivity contribution in [1.29, 1.82) is 0 Å². The number of carbonyl (C=O) groups excluding carboxylic acids is 1. The second kappa shape index (κ2) is 6.64. The van der Waals surface area contributed by atoms with Crippen LogP contribution in [0.25, 0.3) is 0 Å². The van der Waals surface area contributed by atoms with Crippen molar-refractivity contribution in [2.45, 2.75) is 6.42 Å². The van der Waals surface area contributed by atoms with E-state index in [1.165, 1.54) is 12.1 Å². The SMILES string of the molecule is O=C(Nc1cc2c(cc1Cl)OCCCO2)c1cc(Cl)ccc1F. The number of amides is 1. The van der Waals surface area contributed by atoms with Crippen molar-refractivity contribution in [2.24, 2.45) is 0 Å². The van der Waals surface area contributed by atoms with Gasteiger partial charge in [0.25, 0.3) is 5.91 Å². The van der Waals surface area contributed by atoms with Crippen LogP contribution in [0, 0.1) is 5.82 Å². The molecule has 1 heterocycles. The third kappa shape index (κ3) is 3.51. The quantitative estimate of drug-likeness (QED) is 0.859. The largest absolute Gasteiger partial charge is 0.490 e. The fourth-order valence-electron chi connectivity index (χ4n) is 2.14. The minimum Gasteiger partial charge on any atom is -0.490 e. The predicted octanol–water partition coefficient (Wildman–Crippen LogP) is 4.55. The van der Waals surface area contributed by atoms with Gasteiger partial charge in [-0.1, -0.05) is 23.2 Å². The summed E-state index contributed by atoms with van der Waals surface area (Å²) in [6, 6.07) is 6.87. The van der Waals surface area contributed by atoms with Crippen molar-refractivity contribution in [3.63, 3.8) is 0 Å². The van der Waals surface area contributed by atoms with Gasteiger partial charge in [-0.15, -0.1) is 0 Å². The maximum atomic E-state index is 13.8. The molecular formula is C16H12Cl2FNO3. The molecule has 4 nitrogen and oxygen atoms in total. The fourth-order valence-corrected chi connectivity index (χ4v) is 2.51. The number of fused-ring (bicyclic) bond motifs is 1. The van der Waals surface area contributed by atoms with Crippen LogP contribution in [0.1, 0.15) is 16.8 Å². The Kier molecular flexibility index (Phi) is 4.59. The zero-order valence-corrected chi connectivity index (χ0v) is 13.4.